The Labute approximate surface area is 169 Å². The molecule has 1 aliphatic rings. The van der Waals surface area contributed by atoms with E-state index in [1.807, 2.05) is 30.3 Å². The molecule has 2 heterocycles. The number of fused-ring (bicyclic) bond motifs is 1. The third-order valence-corrected chi connectivity index (χ3v) is 6.20. The molecule has 0 amide bonds. The summed E-state index contributed by atoms with van der Waals surface area (Å²) < 4.78 is 11.9. The van der Waals surface area contributed by atoms with Gasteiger partial charge in [-0.25, -0.2) is 4.98 Å². The Bertz CT molecular complexity index is 1060. The molecule has 0 bridgehead atoms. The molecule has 1 atom stereocenters. The predicted molar refractivity (Wildman–Crippen MR) is 111 cm³/mol. The van der Waals surface area contributed by atoms with Gasteiger partial charge in [-0.1, -0.05) is 12.1 Å². The number of hydrogen-bond donors (Lipinski definition) is 0. The maximum absolute atomic E-state index is 11.0. The maximum atomic E-state index is 11.0. The van der Waals surface area contributed by atoms with Crippen molar-refractivity contribution in [1.29, 1.82) is 0 Å². The van der Waals surface area contributed by atoms with Crippen molar-refractivity contribution < 1.29 is 19.1 Å². The van der Waals surface area contributed by atoms with Crippen molar-refractivity contribution in [2.45, 2.75) is 19.6 Å². The topological polar surface area (TPSA) is 77.8 Å². The zero-order valence-electron chi connectivity index (χ0n) is 15.0. The van der Waals surface area contributed by atoms with Crippen LogP contribution in [0.25, 0.3) is 10.2 Å². The molecule has 8 heteroatoms. The number of carbonyl (C=O) groups excluding carboxylic acids is 2. The summed E-state index contributed by atoms with van der Waals surface area (Å²) in [5, 5.41) is 1.66. The summed E-state index contributed by atoms with van der Waals surface area (Å²) in [4.78, 5) is 30.8. The summed E-state index contributed by atoms with van der Waals surface area (Å²) in [6.07, 6.45) is 0.873. The summed E-state index contributed by atoms with van der Waals surface area (Å²) in [5.74, 6) is 1.60. The maximum Gasteiger partial charge on any atom is 0.308 e. The second-order valence-electron chi connectivity index (χ2n) is 6.12. The van der Waals surface area contributed by atoms with Crippen LogP contribution < -0.4 is 9.47 Å². The molecule has 1 aliphatic heterocycles. The Balaban J connectivity index is 1.44. The molecule has 0 saturated carbocycles. The lowest BCUT2D eigenvalue weighted by atomic mass is 10.2. The van der Waals surface area contributed by atoms with Crippen LogP contribution in [-0.2, 0) is 16.2 Å². The SMILES string of the molecule is CC(=O)Oc1ccc(COc2ccc3nc(C4=NC(C=O)CS4)sc3c2)cc1. The van der Waals surface area contributed by atoms with Crippen LogP contribution in [-0.4, -0.2) is 34.1 Å². The molecule has 0 fully saturated rings. The predicted octanol–water partition coefficient (Wildman–Crippen LogP) is 3.86. The molecule has 0 N–H and O–H groups in total. The molecule has 0 spiro atoms. The lowest BCUT2D eigenvalue weighted by Gasteiger charge is -2.07. The van der Waals surface area contributed by atoms with Gasteiger partial charge in [-0.3, -0.25) is 9.79 Å². The van der Waals surface area contributed by atoms with Gasteiger partial charge in [0.25, 0.3) is 0 Å². The van der Waals surface area contributed by atoms with E-state index in [9.17, 15) is 9.59 Å². The van der Waals surface area contributed by atoms with Gasteiger partial charge in [0.2, 0.25) is 0 Å². The van der Waals surface area contributed by atoms with E-state index in [1.165, 1.54) is 6.92 Å². The first-order valence-electron chi connectivity index (χ1n) is 8.58. The first-order valence-corrected chi connectivity index (χ1v) is 10.4. The highest BCUT2D eigenvalue weighted by Gasteiger charge is 2.21. The van der Waals surface area contributed by atoms with Crippen molar-refractivity contribution in [3.05, 3.63) is 53.0 Å². The van der Waals surface area contributed by atoms with Crippen LogP contribution in [0.3, 0.4) is 0 Å². The molecule has 0 saturated heterocycles. The molecular formula is C20H16N2O4S2. The quantitative estimate of drug-likeness (QED) is 0.348. The number of carbonyl (C=O) groups is 2. The standard InChI is InChI=1S/C20H16N2O4S2/c1-12(24)26-15-4-2-13(3-5-15)10-25-16-6-7-17-18(8-16)28-20(22-17)19-21-14(9-23)11-27-19/h2-9,14H,10-11H2,1H3. The summed E-state index contributed by atoms with van der Waals surface area (Å²) in [5.41, 5.74) is 1.86. The van der Waals surface area contributed by atoms with Crippen LogP contribution >= 0.6 is 23.1 Å². The largest absolute Gasteiger partial charge is 0.489 e. The monoisotopic (exact) mass is 412 g/mol. The van der Waals surface area contributed by atoms with Crippen LogP contribution in [0.2, 0.25) is 0 Å². The number of nitrogens with zero attached hydrogens (tertiary/aromatic N) is 2. The van der Waals surface area contributed by atoms with E-state index in [0.717, 1.165) is 37.9 Å². The van der Waals surface area contributed by atoms with Crippen molar-refractivity contribution in [2.75, 3.05) is 5.75 Å². The van der Waals surface area contributed by atoms with Crippen LogP contribution in [0.4, 0.5) is 0 Å². The van der Waals surface area contributed by atoms with Crippen LogP contribution in [0.15, 0.2) is 47.5 Å². The van der Waals surface area contributed by atoms with Crippen molar-refractivity contribution in [2.24, 2.45) is 4.99 Å². The van der Waals surface area contributed by atoms with E-state index in [0.29, 0.717) is 18.1 Å². The highest BCUT2D eigenvalue weighted by atomic mass is 32.2. The van der Waals surface area contributed by atoms with Gasteiger partial charge < -0.3 is 14.3 Å². The molecule has 1 aromatic heterocycles. The van der Waals surface area contributed by atoms with E-state index in [-0.39, 0.29) is 12.0 Å². The Hall–Kier alpha value is -2.71. The van der Waals surface area contributed by atoms with Crippen molar-refractivity contribution in [3.63, 3.8) is 0 Å². The van der Waals surface area contributed by atoms with Crippen molar-refractivity contribution in [3.8, 4) is 11.5 Å². The van der Waals surface area contributed by atoms with Gasteiger partial charge in [-0.2, -0.15) is 0 Å². The van der Waals surface area contributed by atoms with Crippen LogP contribution in [0, 0.1) is 0 Å². The minimum absolute atomic E-state index is 0.266. The molecule has 1 unspecified atom stereocenters. The van der Waals surface area contributed by atoms with Gasteiger partial charge in [0.05, 0.1) is 10.2 Å². The van der Waals surface area contributed by atoms with Gasteiger partial charge >= 0.3 is 5.97 Å². The number of rotatable bonds is 6. The Morgan fingerprint density at radius 3 is 2.71 bits per heavy atom. The number of thiazole rings is 1. The third kappa shape index (κ3) is 4.23. The summed E-state index contributed by atoms with van der Waals surface area (Å²) >= 11 is 3.11. The number of thioether (sulfide) groups is 1. The molecule has 2 aromatic carbocycles. The number of ether oxygens (including phenoxy) is 2. The number of esters is 1. The lowest BCUT2D eigenvalue weighted by Crippen LogP contribution is -2.03. The lowest BCUT2D eigenvalue weighted by molar-refractivity contribution is -0.131. The Morgan fingerprint density at radius 2 is 2.00 bits per heavy atom. The van der Waals surface area contributed by atoms with Gasteiger partial charge in [0.1, 0.15) is 40.5 Å². The van der Waals surface area contributed by atoms with Crippen LogP contribution in [0.1, 0.15) is 17.5 Å². The number of aldehydes is 1. The highest BCUT2D eigenvalue weighted by molar-refractivity contribution is 8.15. The minimum atomic E-state index is -0.343. The average molecular weight is 412 g/mol. The van der Waals surface area contributed by atoms with Gasteiger partial charge in [0, 0.05) is 12.7 Å². The first kappa shape index (κ1) is 18.6. The molecule has 3 aromatic rings. The highest BCUT2D eigenvalue weighted by Crippen LogP contribution is 2.31. The van der Waals surface area contributed by atoms with Gasteiger partial charge in [-0.05, 0) is 35.9 Å². The van der Waals surface area contributed by atoms with E-state index in [4.69, 9.17) is 9.47 Å². The second kappa shape index (κ2) is 8.12. The number of aliphatic imine (C=N–C) groups is 1. The zero-order valence-corrected chi connectivity index (χ0v) is 16.6. The fraction of sp³-hybridized carbons (Fsp3) is 0.200. The van der Waals surface area contributed by atoms with Crippen molar-refractivity contribution >= 4 is 50.6 Å². The zero-order chi connectivity index (χ0) is 19.5. The fourth-order valence-electron chi connectivity index (χ4n) is 2.65. The molecule has 28 heavy (non-hydrogen) atoms. The third-order valence-electron chi connectivity index (χ3n) is 3.96. The smallest absolute Gasteiger partial charge is 0.308 e. The molecular weight excluding hydrogens is 396 g/mol. The van der Waals surface area contributed by atoms with E-state index >= 15 is 0 Å². The molecule has 0 aliphatic carbocycles. The summed E-state index contributed by atoms with van der Waals surface area (Å²) in [6, 6.07) is 12.7. The molecule has 142 valence electrons. The van der Waals surface area contributed by atoms with Gasteiger partial charge in [0.15, 0.2) is 0 Å². The first-order chi connectivity index (χ1) is 13.6. The molecule has 4 rings (SSSR count). The Kier molecular flexibility index (Phi) is 5.40. The van der Waals surface area contributed by atoms with Gasteiger partial charge in [-0.15, -0.1) is 23.1 Å². The van der Waals surface area contributed by atoms with E-state index in [2.05, 4.69) is 9.98 Å². The summed E-state index contributed by atoms with van der Waals surface area (Å²) in [7, 11) is 0. The number of aromatic nitrogens is 1. The fourth-order valence-corrected chi connectivity index (χ4v) is 4.70. The van der Waals surface area contributed by atoms with E-state index < -0.39 is 0 Å². The normalized spacial score (nSPS) is 16.0. The molecule has 6 nitrogen and oxygen atoms in total. The number of benzene rings is 2. The average Bonchev–Trinajstić information content (AvgIpc) is 3.33. The molecule has 0 radical (unpaired) electrons. The second-order valence-corrected chi connectivity index (χ2v) is 8.16. The Morgan fingerprint density at radius 1 is 1.21 bits per heavy atom. The van der Waals surface area contributed by atoms with E-state index in [1.54, 1.807) is 35.2 Å². The minimum Gasteiger partial charge on any atom is -0.489 e. The summed E-state index contributed by atoms with van der Waals surface area (Å²) in [6.45, 7) is 1.78. The van der Waals surface area contributed by atoms with Crippen molar-refractivity contribution in [1.82, 2.24) is 4.98 Å². The van der Waals surface area contributed by atoms with Crippen LogP contribution in [0.5, 0.6) is 11.5 Å². The number of hydrogen-bond acceptors (Lipinski definition) is 8.